The molecule has 0 saturated heterocycles. The molecule has 1 heterocycles. The Morgan fingerprint density at radius 1 is 1.69 bits per heavy atom. The molecule has 90 valence electrons. The highest BCUT2D eigenvalue weighted by molar-refractivity contribution is 5.88. The van der Waals surface area contributed by atoms with Gasteiger partial charge in [0.2, 0.25) is 0 Å². The van der Waals surface area contributed by atoms with Gasteiger partial charge >= 0.3 is 5.97 Å². The highest BCUT2D eigenvalue weighted by Gasteiger charge is 2.14. The molecule has 16 heavy (non-hydrogen) atoms. The molecule has 0 fully saturated rings. The number of nitrogens with zero attached hydrogens (tertiary/aromatic N) is 2. The maximum Gasteiger partial charge on any atom is 0.339 e. The number of hydrogen-bond acceptors (Lipinski definition) is 4. The molecule has 0 bridgehead atoms. The van der Waals surface area contributed by atoms with E-state index < -0.39 is 12.1 Å². The molecule has 1 aromatic heterocycles. The fourth-order valence-corrected chi connectivity index (χ4v) is 1.35. The van der Waals surface area contributed by atoms with Crippen LogP contribution in [0.4, 0.5) is 0 Å². The van der Waals surface area contributed by atoms with Gasteiger partial charge in [0.25, 0.3) is 0 Å². The van der Waals surface area contributed by atoms with Crippen molar-refractivity contribution < 1.29 is 15.0 Å². The number of aryl methyl sites for hydroxylation is 1. The standard InChI is InChI=1S/C10H17N3O3/c1-3-7(14)4-11-6-9-8(10(15)16)5-12-13(9)2/h5,7,11,14H,3-4,6H2,1-2H3,(H,15,16). The fraction of sp³-hybridized carbons (Fsp3) is 0.600. The van der Waals surface area contributed by atoms with E-state index in [0.29, 0.717) is 25.2 Å². The van der Waals surface area contributed by atoms with E-state index in [-0.39, 0.29) is 5.56 Å². The lowest BCUT2D eigenvalue weighted by Gasteiger charge is -2.10. The van der Waals surface area contributed by atoms with Gasteiger partial charge in [-0.05, 0) is 6.42 Å². The molecule has 6 heteroatoms. The molecular weight excluding hydrogens is 210 g/mol. The molecule has 0 saturated carbocycles. The summed E-state index contributed by atoms with van der Waals surface area (Å²) in [5, 5.41) is 25.1. The Morgan fingerprint density at radius 3 is 2.94 bits per heavy atom. The quantitative estimate of drug-likeness (QED) is 0.635. The molecule has 1 rings (SSSR count). The van der Waals surface area contributed by atoms with E-state index in [4.69, 9.17) is 5.11 Å². The highest BCUT2D eigenvalue weighted by Crippen LogP contribution is 2.06. The van der Waals surface area contributed by atoms with Crippen molar-refractivity contribution in [1.82, 2.24) is 15.1 Å². The van der Waals surface area contributed by atoms with Gasteiger partial charge in [0, 0.05) is 20.1 Å². The lowest BCUT2D eigenvalue weighted by atomic mass is 10.2. The molecule has 0 aliphatic carbocycles. The van der Waals surface area contributed by atoms with E-state index in [0.717, 1.165) is 0 Å². The maximum atomic E-state index is 10.9. The number of aromatic nitrogens is 2. The molecule has 1 aromatic rings. The Morgan fingerprint density at radius 2 is 2.38 bits per heavy atom. The Balaban J connectivity index is 2.59. The summed E-state index contributed by atoms with van der Waals surface area (Å²) < 4.78 is 1.52. The lowest BCUT2D eigenvalue weighted by Crippen LogP contribution is -2.27. The van der Waals surface area contributed by atoms with Crippen LogP contribution in [0.3, 0.4) is 0 Å². The van der Waals surface area contributed by atoms with Gasteiger partial charge in [0.1, 0.15) is 5.56 Å². The largest absolute Gasteiger partial charge is 0.478 e. The van der Waals surface area contributed by atoms with Crippen molar-refractivity contribution >= 4 is 5.97 Å². The predicted octanol–water partition coefficient (Wildman–Crippen LogP) is -0.0212. The van der Waals surface area contributed by atoms with Crippen LogP contribution in [0.5, 0.6) is 0 Å². The second-order valence-corrected chi connectivity index (χ2v) is 3.63. The van der Waals surface area contributed by atoms with Gasteiger partial charge in [-0.15, -0.1) is 0 Å². The summed E-state index contributed by atoms with van der Waals surface area (Å²) in [5.41, 5.74) is 0.803. The first-order chi connectivity index (χ1) is 7.56. The number of rotatable bonds is 6. The molecule has 0 aromatic carbocycles. The predicted molar refractivity (Wildman–Crippen MR) is 58.2 cm³/mol. The topological polar surface area (TPSA) is 87.4 Å². The second-order valence-electron chi connectivity index (χ2n) is 3.63. The zero-order valence-corrected chi connectivity index (χ0v) is 9.47. The Hall–Kier alpha value is -1.40. The van der Waals surface area contributed by atoms with Crippen molar-refractivity contribution in [2.75, 3.05) is 6.54 Å². The number of aliphatic hydroxyl groups excluding tert-OH is 1. The molecule has 1 atom stereocenters. The number of hydrogen-bond donors (Lipinski definition) is 3. The van der Waals surface area contributed by atoms with Gasteiger partial charge in [-0.3, -0.25) is 4.68 Å². The number of carboxylic acids is 1. The van der Waals surface area contributed by atoms with Gasteiger partial charge < -0.3 is 15.5 Å². The van der Waals surface area contributed by atoms with E-state index in [9.17, 15) is 9.90 Å². The zero-order chi connectivity index (χ0) is 12.1. The summed E-state index contributed by atoms with van der Waals surface area (Å²) in [5.74, 6) is -0.985. The van der Waals surface area contributed by atoms with E-state index in [2.05, 4.69) is 10.4 Å². The summed E-state index contributed by atoms with van der Waals surface area (Å²) in [6.07, 6.45) is 1.60. The van der Waals surface area contributed by atoms with Gasteiger partial charge in [0.05, 0.1) is 18.0 Å². The first-order valence-electron chi connectivity index (χ1n) is 5.19. The third-order valence-corrected chi connectivity index (χ3v) is 2.44. The van der Waals surface area contributed by atoms with Crippen molar-refractivity contribution in [3.05, 3.63) is 17.5 Å². The Kier molecular flexibility index (Phi) is 4.45. The minimum Gasteiger partial charge on any atom is -0.478 e. The van der Waals surface area contributed by atoms with Crippen LogP contribution in [0, 0.1) is 0 Å². The average molecular weight is 227 g/mol. The van der Waals surface area contributed by atoms with E-state index in [1.165, 1.54) is 10.9 Å². The third kappa shape index (κ3) is 3.04. The van der Waals surface area contributed by atoms with Crippen molar-refractivity contribution in [2.45, 2.75) is 26.0 Å². The van der Waals surface area contributed by atoms with Gasteiger partial charge in [-0.2, -0.15) is 5.10 Å². The maximum absolute atomic E-state index is 10.9. The summed E-state index contributed by atoms with van der Waals surface area (Å²) in [6, 6.07) is 0. The molecule has 0 radical (unpaired) electrons. The van der Waals surface area contributed by atoms with Crippen LogP contribution < -0.4 is 5.32 Å². The molecule has 0 aliphatic heterocycles. The summed E-state index contributed by atoms with van der Waals surface area (Å²) in [6.45, 7) is 2.72. The van der Waals surface area contributed by atoms with Crippen molar-refractivity contribution in [3.8, 4) is 0 Å². The Bertz CT molecular complexity index is 362. The number of carboxylic acid groups (broad SMARTS) is 1. The number of aliphatic hydroxyl groups is 1. The molecule has 1 unspecified atom stereocenters. The van der Waals surface area contributed by atoms with Crippen molar-refractivity contribution in [2.24, 2.45) is 7.05 Å². The van der Waals surface area contributed by atoms with Crippen LogP contribution >= 0.6 is 0 Å². The lowest BCUT2D eigenvalue weighted by molar-refractivity contribution is 0.0695. The number of nitrogens with one attached hydrogen (secondary N) is 1. The van der Waals surface area contributed by atoms with Crippen LogP contribution in [0.2, 0.25) is 0 Å². The van der Waals surface area contributed by atoms with Crippen LogP contribution in [0.1, 0.15) is 29.4 Å². The first-order valence-corrected chi connectivity index (χ1v) is 5.19. The van der Waals surface area contributed by atoms with Crippen LogP contribution in [-0.4, -0.2) is 38.6 Å². The summed E-state index contributed by atoms with van der Waals surface area (Å²) in [7, 11) is 1.69. The summed E-state index contributed by atoms with van der Waals surface area (Å²) >= 11 is 0. The van der Waals surface area contributed by atoms with E-state index >= 15 is 0 Å². The molecule has 0 amide bonds. The average Bonchev–Trinajstić information content (AvgIpc) is 2.60. The molecule has 0 aliphatic rings. The molecule has 0 spiro atoms. The monoisotopic (exact) mass is 227 g/mol. The number of carbonyl (C=O) groups is 1. The zero-order valence-electron chi connectivity index (χ0n) is 9.47. The van der Waals surface area contributed by atoms with Crippen molar-refractivity contribution in [3.63, 3.8) is 0 Å². The third-order valence-electron chi connectivity index (χ3n) is 2.44. The van der Waals surface area contributed by atoms with Crippen LogP contribution in [0.15, 0.2) is 6.20 Å². The number of aromatic carboxylic acids is 1. The molecule has 6 nitrogen and oxygen atoms in total. The highest BCUT2D eigenvalue weighted by atomic mass is 16.4. The van der Waals surface area contributed by atoms with Crippen molar-refractivity contribution in [1.29, 1.82) is 0 Å². The van der Waals surface area contributed by atoms with Gasteiger partial charge in [0.15, 0.2) is 0 Å². The van der Waals surface area contributed by atoms with Crippen LogP contribution in [0.25, 0.3) is 0 Å². The van der Waals surface area contributed by atoms with E-state index in [1.54, 1.807) is 7.05 Å². The SMILES string of the molecule is CCC(O)CNCc1c(C(=O)O)cnn1C. The van der Waals surface area contributed by atoms with Crippen LogP contribution in [-0.2, 0) is 13.6 Å². The summed E-state index contributed by atoms with van der Waals surface area (Å²) in [4.78, 5) is 10.9. The molecular formula is C10H17N3O3. The molecule has 3 N–H and O–H groups in total. The smallest absolute Gasteiger partial charge is 0.339 e. The minimum absolute atomic E-state index is 0.195. The first kappa shape index (κ1) is 12.7. The Labute approximate surface area is 93.9 Å². The van der Waals surface area contributed by atoms with E-state index in [1.807, 2.05) is 6.92 Å². The van der Waals surface area contributed by atoms with Gasteiger partial charge in [-0.1, -0.05) is 6.92 Å². The normalized spacial score (nSPS) is 12.7. The van der Waals surface area contributed by atoms with Gasteiger partial charge in [-0.25, -0.2) is 4.79 Å². The minimum atomic E-state index is -0.985. The second kappa shape index (κ2) is 5.62. The fourth-order valence-electron chi connectivity index (χ4n) is 1.35.